The second-order valence-corrected chi connectivity index (χ2v) is 10.7. The van der Waals surface area contributed by atoms with Gasteiger partial charge in [0, 0.05) is 31.2 Å². The molecule has 4 heteroatoms. The summed E-state index contributed by atoms with van der Waals surface area (Å²) in [6, 6.07) is 0.628. The maximum Gasteiger partial charge on any atom is 0.234 e. The summed E-state index contributed by atoms with van der Waals surface area (Å²) in [7, 11) is 2.27. The van der Waals surface area contributed by atoms with E-state index in [0.29, 0.717) is 18.0 Å². The van der Waals surface area contributed by atoms with Crippen molar-refractivity contribution in [1.29, 1.82) is 0 Å². The Labute approximate surface area is 155 Å². The van der Waals surface area contributed by atoms with Crippen molar-refractivity contribution < 1.29 is 4.79 Å². The Bertz CT molecular complexity index is 435. The molecule has 1 aliphatic heterocycles. The molecule has 2 aliphatic rings. The first-order valence-corrected chi connectivity index (χ1v) is 10.2. The summed E-state index contributed by atoms with van der Waals surface area (Å²) in [6.45, 7) is 17.1. The molecule has 1 N–H and O–H groups in total. The second-order valence-electron chi connectivity index (χ2n) is 10.7. The molecule has 0 radical (unpaired) electrons. The lowest BCUT2D eigenvalue weighted by Crippen LogP contribution is -2.61. The molecule has 2 rings (SSSR count). The first kappa shape index (κ1) is 20.7. The molecule has 146 valence electrons. The predicted molar refractivity (Wildman–Crippen MR) is 106 cm³/mol. The van der Waals surface area contributed by atoms with Gasteiger partial charge >= 0.3 is 0 Å². The van der Waals surface area contributed by atoms with Crippen LogP contribution in [0, 0.1) is 17.3 Å². The summed E-state index contributed by atoms with van der Waals surface area (Å²) in [5.41, 5.74) is 0.336. The molecule has 1 amide bonds. The minimum atomic E-state index is -0.135. The van der Waals surface area contributed by atoms with Crippen molar-refractivity contribution in [2.24, 2.45) is 17.3 Å². The van der Waals surface area contributed by atoms with Gasteiger partial charge < -0.3 is 10.2 Å². The highest BCUT2D eigenvalue weighted by Gasteiger charge is 2.34. The van der Waals surface area contributed by atoms with E-state index in [1.54, 1.807) is 0 Å². The fraction of sp³-hybridized carbons (Fsp3) is 0.952. The SMILES string of the molecule is CN(CC1CCC(C(C)(C)C)CC1)C1CN(CC(=O)NC(C)(C)C)C1. The van der Waals surface area contributed by atoms with Gasteiger partial charge in [0.2, 0.25) is 5.91 Å². The first-order chi connectivity index (χ1) is 11.4. The van der Waals surface area contributed by atoms with Gasteiger partial charge in [-0.3, -0.25) is 9.69 Å². The van der Waals surface area contributed by atoms with E-state index in [1.165, 1.54) is 32.2 Å². The van der Waals surface area contributed by atoms with Crippen molar-refractivity contribution in [1.82, 2.24) is 15.1 Å². The van der Waals surface area contributed by atoms with Crippen LogP contribution in [0.5, 0.6) is 0 Å². The highest BCUT2D eigenvalue weighted by molar-refractivity contribution is 5.78. The Morgan fingerprint density at radius 1 is 1.04 bits per heavy atom. The maximum absolute atomic E-state index is 12.0. The van der Waals surface area contributed by atoms with Gasteiger partial charge in [-0.2, -0.15) is 0 Å². The summed E-state index contributed by atoms with van der Waals surface area (Å²) in [4.78, 5) is 16.8. The Morgan fingerprint density at radius 3 is 2.08 bits per heavy atom. The molecular formula is C21H41N3O. The molecule has 1 saturated carbocycles. The topological polar surface area (TPSA) is 35.6 Å². The maximum atomic E-state index is 12.0. The molecular weight excluding hydrogens is 310 g/mol. The van der Waals surface area contributed by atoms with Crippen molar-refractivity contribution in [3.05, 3.63) is 0 Å². The lowest BCUT2D eigenvalue weighted by atomic mass is 9.70. The number of nitrogens with one attached hydrogen (secondary N) is 1. The smallest absolute Gasteiger partial charge is 0.234 e. The molecule has 0 aromatic carbocycles. The van der Waals surface area contributed by atoms with Gasteiger partial charge in [-0.25, -0.2) is 0 Å². The van der Waals surface area contributed by atoms with E-state index in [2.05, 4.69) is 42.9 Å². The van der Waals surface area contributed by atoms with Crippen molar-refractivity contribution in [2.45, 2.75) is 78.8 Å². The molecule has 0 atom stereocenters. The van der Waals surface area contributed by atoms with Gasteiger partial charge in [0.1, 0.15) is 0 Å². The quantitative estimate of drug-likeness (QED) is 0.825. The van der Waals surface area contributed by atoms with E-state index >= 15 is 0 Å². The van der Waals surface area contributed by atoms with Gasteiger partial charge in [-0.05, 0) is 70.8 Å². The van der Waals surface area contributed by atoms with Crippen molar-refractivity contribution in [3.63, 3.8) is 0 Å². The summed E-state index contributed by atoms with van der Waals surface area (Å²) in [5, 5.41) is 3.05. The number of likely N-dealkylation sites (N-methyl/N-ethyl adjacent to an activating group) is 1. The number of carbonyl (C=O) groups is 1. The second kappa shape index (κ2) is 7.96. The Morgan fingerprint density at radius 2 is 1.60 bits per heavy atom. The zero-order valence-electron chi connectivity index (χ0n) is 17.7. The molecule has 0 aromatic heterocycles. The van der Waals surface area contributed by atoms with E-state index in [1.807, 2.05) is 20.8 Å². The van der Waals surface area contributed by atoms with Crippen LogP contribution in [0.15, 0.2) is 0 Å². The number of hydrogen-bond acceptors (Lipinski definition) is 3. The zero-order valence-corrected chi connectivity index (χ0v) is 17.7. The average molecular weight is 352 g/mol. The van der Waals surface area contributed by atoms with Crippen LogP contribution < -0.4 is 5.32 Å². The first-order valence-electron chi connectivity index (χ1n) is 10.2. The highest BCUT2D eigenvalue weighted by Crippen LogP contribution is 2.40. The lowest BCUT2D eigenvalue weighted by Gasteiger charge is -2.46. The van der Waals surface area contributed by atoms with E-state index in [4.69, 9.17) is 0 Å². The van der Waals surface area contributed by atoms with Crippen LogP contribution in [0.1, 0.15) is 67.2 Å². The third-order valence-electron chi connectivity index (χ3n) is 6.06. The van der Waals surface area contributed by atoms with E-state index in [0.717, 1.165) is 24.9 Å². The van der Waals surface area contributed by atoms with Gasteiger partial charge in [-0.15, -0.1) is 0 Å². The van der Waals surface area contributed by atoms with Gasteiger partial charge in [-0.1, -0.05) is 20.8 Å². The number of likely N-dealkylation sites (tertiary alicyclic amines) is 1. The van der Waals surface area contributed by atoms with Crippen LogP contribution in [0.4, 0.5) is 0 Å². The summed E-state index contributed by atoms with van der Waals surface area (Å²) >= 11 is 0. The summed E-state index contributed by atoms with van der Waals surface area (Å²) in [6.07, 6.45) is 5.56. The van der Waals surface area contributed by atoms with Crippen LogP contribution >= 0.6 is 0 Å². The lowest BCUT2D eigenvalue weighted by molar-refractivity contribution is -0.125. The van der Waals surface area contributed by atoms with Crippen LogP contribution in [0.3, 0.4) is 0 Å². The number of amides is 1. The Hall–Kier alpha value is -0.610. The van der Waals surface area contributed by atoms with E-state index in [-0.39, 0.29) is 11.4 Å². The third-order valence-corrected chi connectivity index (χ3v) is 6.06. The largest absolute Gasteiger partial charge is 0.350 e. The van der Waals surface area contributed by atoms with Crippen LogP contribution in [0.2, 0.25) is 0 Å². The molecule has 0 spiro atoms. The number of nitrogens with zero attached hydrogens (tertiary/aromatic N) is 2. The molecule has 0 bridgehead atoms. The monoisotopic (exact) mass is 351 g/mol. The molecule has 2 fully saturated rings. The predicted octanol–water partition coefficient (Wildman–Crippen LogP) is 3.37. The minimum Gasteiger partial charge on any atom is -0.350 e. The highest BCUT2D eigenvalue weighted by atomic mass is 16.2. The van der Waals surface area contributed by atoms with Crippen LogP contribution in [-0.4, -0.2) is 60.5 Å². The summed E-state index contributed by atoms with van der Waals surface area (Å²) in [5.74, 6) is 1.91. The van der Waals surface area contributed by atoms with Crippen molar-refractivity contribution in [2.75, 3.05) is 33.2 Å². The Balaban J connectivity index is 1.64. The van der Waals surface area contributed by atoms with Crippen molar-refractivity contribution >= 4 is 5.91 Å². The molecule has 0 unspecified atom stereocenters. The molecule has 25 heavy (non-hydrogen) atoms. The zero-order chi connectivity index (χ0) is 18.8. The normalized spacial score (nSPS) is 26.6. The Kier molecular flexibility index (Phi) is 6.59. The van der Waals surface area contributed by atoms with E-state index < -0.39 is 0 Å². The molecule has 1 aliphatic carbocycles. The number of hydrogen-bond donors (Lipinski definition) is 1. The fourth-order valence-electron chi connectivity index (χ4n) is 4.38. The number of carbonyl (C=O) groups excluding carboxylic acids is 1. The molecule has 0 aromatic rings. The fourth-order valence-corrected chi connectivity index (χ4v) is 4.38. The average Bonchev–Trinajstić information content (AvgIpc) is 2.39. The standard InChI is InChI=1S/C21H41N3O/c1-20(2,3)17-10-8-16(9-11-17)12-23(7)18-13-24(14-18)15-19(25)22-21(4,5)6/h16-18H,8-15H2,1-7H3,(H,22,25). The summed E-state index contributed by atoms with van der Waals surface area (Å²) < 4.78 is 0. The third kappa shape index (κ3) is 6.56. The van der Waals surface area contributed by atoms with Crippen molar-refractivity contribution in [3.8, 4) is 0 Å². The van der Waals surface area contributed by atoms with Gasteiger partial charge in [0.05, 0.1) is 6.54 Å². The minimum absolute atomic E-state index is 0.135. The van der Waals surface area contributed by atoms with E-state index in [9.17, 15) is 4.79 Å². The molecule has 1 saturated heterocycles. The van der Waals surface area contributed by atoms with Gasteiger partial charge in [0.25, 0.3) is 0 Å². The van der Waals surface area contributed by atoms with Crippen LogP contribution in [0.25, 0.3) is 0 Å². The molecule has 4 nitrogen and oxygen atoms in total. The van der Waals surface area contributed by atoms with Gasteiger partial charge in [0.15, 0.2) is 0 Å². The van der Waals surface area contributed by atoms with Crippen LogP contribution in [-0.2, 0) is 4.79 Å². The number of rotatable bonds is 5. The molecule has 1 heterocycles.